The van der Waals surface area contributed by atoms with E-state index in [-0.39, 0.29) is 16.6 Å². The second-order valence-corrected chi connectivity index (χ2v) is 8.55. The van der Waals surface area contributed by atoms with E-state index in [0.717, 1.165) is 36.0 Å². The van der Waals surface area contributed by atoms with E-state index in [0.29, 0.717) is 22.7 Å². The fraction of sp³-hybridized carbons (Fsp3) is 0.273. The van der Waals surface area contributed by atoms with Crippen LogP contribution in [0.5, 0.6) is 0 Å². The van der Waals surface area contributed by atoms with Crippen molar-refractivity contribution < 1.29 is 4.79 Å². The Hall–Kier alpha value is -2.93. The van der Waals surface area contributed by atoms with Gasteiger partial charge in [-0.2, -0.15) is 0 Å². The molecule has 2 aromatic carbocycles. The molecule has 0 saturated heterocycles. The number of carbonyl (C=O) groups is 1. The highest BCUT2D eigenvalue weighted by atomic mass is 32.2. The average Bonchev–Trinajstić information content (AvgIpc) is 3.15. The van der Waals surface area contributed by atoms with Crippen molar-refractivity contribution in [3.8, 4) is 5.69 Å². The highest BCUT2D eigenvalue weighted by Crippen LogP contribution is 2.32. The van der Waals surface area contributed by atoms with Gasteiger partial charge in [0.2, 0.25) is 5.78 Å². The first-order chi connectivity index (χ1) is 14.1. The zero-order valence-electron chi connectivity index (χ0n) is 16.0. The zero-order valence-corrected chi connectivity index (χ0v) is 16.9. The highest BCUT2D eigenvalue weighted by Gasteiger charge is 2.26. The lowest BCUT2D eigenvalue weighted by atomic mass is 9.99. The maximum atomic E-state index is 13.4. The number of thioether (sulfide) groups is 1. The molecule has 7 heteroatoms. The van der Waals surface area contributed by atoms with Crippen molar-refractivity contribution in [3.63, 3.8) is 0 Å². The Labute approximate surface area is 171 Å². The fourth-order valence-electron chi connectivity index (χ4n) is 3.99. The van der Waals surface area contributed by atoms with Gasteiger partial charge in [0.25, 0.3) is 5.56 Å². The Morgan fingerprint density at radius 1 is 1.00 bits per heavy atom. The second-order valence-electron chi connectivity index (χ2n) is 7.38. The van der Waals surface area contributed by atoms with Gasteiger partial charge in [0.15, 0.2) is 5.16 Å². The molecule has 0 aliphatic heterocycles. The summed E-state index contributed by atoms with van der Waals surface area (Å²) in [4.78, 5) is 25.7. The van der Waals surface area contributed by atoms with Crippen LogP contribution in [0.3, 0.4) is 0 Å². The predicted octanol–water partition coefficient (Wildman–Crippen LogP) is 3.95. The number of hydrogen-bond acceptors (Lipinski definition) is 5. The van der Waals surface area contributed by atoms with E-state index in [1.54, 1.807) is 4.57 Å². The summed E-state index contributed by atoms with van der Waals surface area (Å²) >= 11 is 1.46. The molecule has 1 aliphatic rings. The lowest BCUT2D eigenvalue weighted by Gasteiger charge is -2.19. The molecule has 1 saturated carbocycles. The zero-order chi connectivity index (χ0) is 20.0. The molecule has 1 unspecified atom stereocenters. The number of aryl methyl sites for hydroxylation is 1. The van der Waals surface area contributed by atoms with Crippen molar-refractivity contribution in [1.29, 1.82) is 0 Å². The number of nitrogens with zero attached hydrogens (tertiary/aromatic N) is 4. The summed E-state index contributed by atoms with van der Waals surface area (Å²) in [5, 5.41) is 9.92. The van der Waals surface area contributed by atoms with E-state index in [9.17, 15) is 9.59 Å². The third-order valence-corrected chi connectivity index (χ3v) is 6.76. The Morgan fingerprint density at radius 3 is 2.62 bits per heavy atom. The summed E-state index contributed by atoms with van der Waals surface area (Å²) in [6.07, 6.45) is 3.50. The number of hydrogen-bond donors (Lipinski definition) is 0. The van der Waals surface area contributed by atoms with Crippen LogP contribution in [0.2, 0.25) is 0 Å². The Morgan fingerprint density at radius 2 is 1.79 bits per heavy atom. The van der Waals surface area contributed by atoms with Gasteiger partial charge in [0, 0.05) is 6.42 Å². The van der Waals surface area contributed by atoms with Gasteiger partial charge in [-0.1, -0.05) is 48.5 Å². The Kier molecular flexibility index (Phi) is 4.47. The molecular weight excluding hydrogens is 384 g/mol. The Bertz CT molecular complexity index is 1310. The van der Waals surface area contributed by atoms with Crippen molar-refractivity contribution in [1.82, 2.24) is 19.2 Å². The molecular formula is C22H20N4O2S. The molecule has 146 valence electrons. The van der Waals surface area contributed by atoms with Crippen LogP contribution >= 0.6 is 11.8 Å². The van der Waals surface area contributed by atoms with Crippen molar-refractivity contribution in [2.75, 3.05) is 0 Å². The summed E-state index contributed by atoms with van der Waals surface area (Å²) < 4.78 is 3.53. The summed E-state index contributed by atoms with van der Waals surface area (Å²) in [6, 6.07) is 15.2. The molecule has 0 spiro atoms. The fourth-order valence-corrected chi connectivity index (χ4v) is 5.15. The predicted molar refractivity (Wildman–Crippen MR) is 114 cm³/mol. The molecule has 2 heterocycles. The smallest absolute Gasteiger partial charge is 0.267 e. The van der Waals surface area contributed by atoms with E-state index in [4.69, 9.17) is 0 Å². The maximum Gasteiger partial charge on any atom is 0.267 e. The molecule has 1 fully saturated rings. The minimum absolute atomic E-state index is 0.103. The molecule has 0 N–H and O–H groups in total. The standard InChI is InChI=1S/C22H20N4O2S/c1-14-8-2-4-10-16(14)25-20(28)15-9-3-5-11-17(15)26-21(25)23-24-22(26)29-19-13-7-6-12-18(19)27/h2-5,8-11,19H,6-7,12-13H2,1H3. The van der Waals surface area contributed by atoms with Gasteiger partial charge in [0.1, 0.15) is 5.78 Å². The van der Waals surface area contributed by atoms with Crippen LogP contribution < -0.4 is 5.56 Å². The normalized spacial score (nSPS) is 17.3. The first-order valence-electron chi connectivity index (χ1n) is 9.79. The Balaban J connectivity index is 1.79. The van der Waals surface area contributed by atoms with Crippen LogP contribution in [-0.4, -0.2) is 30.2 Å². The summed E-state index contributed by atoms with van der Waals surface area (Å²) in [5.74, 6) is 0.739. The molecule has 6 nitrogen and oxygen atoms in total. The van der Waals surface area contributed by atoms with Crippen LogP contribution in [0.1, 0.15) is 31.2 Å². The van der Waals surface area contributed by atoms with Crippen LogP contribution in [0.25, 0.3) is 22.4 Å². The lowest BCUT2D eigenvalue weighted by Crippen LogP contribution is -2.23. The van der Waals surface area contributed by atoms with Gasteiger partial charge < -0.3 is 0 Å². The molecule has 2 aromatic heterocycles. The number of ketones is 1. The van der Waals surface area contributed by atoms with E-state index in [1.165, 1.54) is 11.8 Å². The van der Waals surface area contributed by atoms with Crippen molar-refractivity contribution in [3.05, 3.63) is 64.4 Å². The van der Waals surface area contributed by atoms with Gasteiger partial charge in [-0.15, -0.1) is 10.2 Å². The monoisotopic (exact) mass is 404 g/mol. The molecule has 1 atom stereocenters. The minimum Gasteiger partial charge on any atom is -0.298 e. The summed E-state index contributed by atoms with van der Waals surface area (Å²) in [6.45, 7) is 1.97. The summed E-state index contributed by atoms with van der Waals surface area (Å²) in [7, 11) is 0. The van der Waals surface area contributed by atoms with Crippen molar-refractivity contribution >= 4 is 34.2 Å². The van der Waals surface area contributed by atoms with Crippen molar-refractivity contribution in [2.24, 2.45) is 0 Å². The summed E-state index contributed by atoms with van der Waals surface area (Å²) in [5.41, 5.74) is 2.39. The molecule has 1 aliphatic carbocycles. The molecule has 4 aromatic rings. The topological polar surface area (TPSA) is 69.3 Å². The number of para-hydroxylation sites is 2. The van der Waals surface area contributed by atoms with Gasteiger partial charge in [-0.05, 0) is 43.5 Å². The van der Waals surface area contributed by atoms with Crippen molar-refractivity contribution in [2.45, 2.75) is 43.0 Å². The third-order valence-electron chi connectivity index (χ3n) is 5.50. The number of benzene rings is 2. The van der Waals surface area contributed by atoms with E-state index < -0.39 is 0 Å². The van der Waals surface area contributed by atoms with E-state index in [1.807, 2.05) is 59.9 Å². The van der Waals surface area contributed by atoms with Crippen LogP contribution in [0.15, 0.2) is 58.5 Å². The van der Waals surface area contributed by atoms with E-state index >= 15 is 0 Å². The minimum atomic E-state index is -0.125. The average molecular weight is 404 g/mol. The number of aromatic nitrogens is 4. The first-order valence-corrected chi connectivity index (χ1v) is 10.7. The molecule has 0 bridgehead atoms. The molecule has 29 heavy (non-hydrogen) atoms. The molecule has 5 rings (SSSR count). The molecule has 0 amide bonds. The quantitative estimate of drug-likeness (QED) is 0.517. The maximum absolute atomic E-state index is 13.4. The molecule has 0 radical (unpaired) electrons. The highest BCUT2D eigenvalue weighted by molar-refractivity contribution is 8.00. The van der Waals surface area contributed by atoms with Gasteiger partial charge >= 0.3 is 0 Å². The largest absolute Gasteiger partial charge is 0.298 e. The second kappa shape index (κ2) is 7.15. The van der Waals surface area contributed by atoms with E-state index in [2.05, 4.69) is 10.2 Å². The SMILES string of the molecule is Cc1ccccc1-n1c(=O)c2ccccc2n2c(SC3CCCCC3=O)nnc12. The number of rotatable bonds is 3. The van der Waals surface area contributed by atoms with Gasteiger partial charge in [-0.3, -0.25) is 14.0 Å². The van der Waals surface area contributed by atoms with Crippen LogP contribution in [0.4, 0.5) is 0 Å². The first kappa shape index (κ1) is 18.1. The number of Topliss-reactive ketones (excluding diaryl/α,β-unsaturated/α-hetero) is 1. The van der Waals surface area contributed by atoms with Gasteiger partial charge in [0.05, 0.1) is 21.8 Å². The lowest BCUT2D eigenvalue weighted by molar-refractivity contribution is -0.119. The van der Waals surface area contributed by atoms with Gasteiger partial charge in [-0.25, -0.2) is 4.57 Å². The van der Waals surface area contributed by atoms with Crippen LogP contribution in [-0.2, 0) is 4.79 Å². The van der Waals surface area contributed by atoms with Crippen LogP contribution in [0, 0.1) is 6.92 Å². The number of carbonyl (C=O) groups excluding carboxylic acids is 1. The third kappa shape index (κ3) is 2.97. The number of fused-ring (bicyclic) bond motifs is 3.